The number of hydrogen-bond acceptors (Lipinski definition) is 3. The number of carbonyl (C=O) groups excluding carboxylic acids is 1. The molecule has 0 spiro atoms. The second-order valence-corrected chi connectivity index (χ2v) is 6.92. The predicted octanol–water partition coefficient (Wildman–Crippen LogP) is 3.79. The van der Waals surface area contributed by atoms with Gasteiger partial charge in [-0.15, -0.1) is 0 Å². The molecule has 4 heteroatoms. The molecular weight excluding hydrogens is 318 g/mol. The smallest absolute Gasteiger partial charge is 0.138 e. The third kappa shape index (κ3) is 3.87. The Bertz CT molecular complexity index is 426. The predicted molar refractivity (Wildman–Crippen MR) is 84.8 cm³/mol. The van der Waals surface area contributed by atoms with Crippen LogP contribution in [0, 0.1) is 0 Å². The number of alkyl halides is 1. The van der Waals surface area contributed by atoms with Crippen LogP contribution in [0.1, 0.15) is 46.0 Å². The molecule has 20 heavy (non-hydrogen) atoms. The molecule has 2 heterocycles. The van der Waals surface area contributed by atoms with Gasteiger partial charge in [-0.2, -0.15) is 0 Å². The first-order valence-corrected chi connectivity index (χ1v) is 8.54. The molecule has 2 aliphatic heterocycles. The maximum Gasteiger partial charge on any atom is 0.138 e. The second-order valence-electron chi connectivity index (χ2n) is 6.13. The molecule has 0 N–H and O–H groups in total. The number of carbonyl (C=O) groups is 1. The average Bonchev–Trinajstić information content (AvgIpc) is 2.52. The molecular formula is C16H24BrNO2. The maximum atomic E-state index is 11.9. The van der Waals surface area contributed by atoms with Crippen molar-refractivity contribution in [3.05, 3.63) is 23.6 Å². The van der Waals surface area contributed by atoms with Crippen molar-refractivity contribution in [1.82, 2.24) is 4.90 Å². The summed E-state index contributed by atoms with van der Waals surface area (Å²) in [5.74, 6) is 1.27. The van der Waals surface area contributed by atoms with Crippen LogP contribution in [0.4, 0.5) is 0 Å². The van der Waals surface area contributed by atoms with Crippen LogP contribution in [-0.4, -0.2) is 34.7 Å². The molecule has 0 aromatic heterocycles. The zero-order valence-electron chi connectivity index (χ0n) is 12.5. The van der Waals surface area contributed by atoms with Gasteiger partial charge in [0.1, 0.15) is 11.5 Å². The Morgan fingerprint density at radius 2 is 2.20 bits per heavy atom. The fourth-order valence-corrected chi connectivity index (χ4v) is 3.14. The standard InChI is InChI=1S/C16H24BrNO2/c1-16(2)7-5-14(19)11-13-12-15(6-9-18(13)16)20-10-4-3-8-17/h6,12H,3-5,7-11H2,1-2H3. The molecule has 112 valence electrons. The van der Waals surface area contributed by atoms with E-state index in [-0.39, 0.29) is 5.54 Å². The largest absolute Gasteiger partial charge is 0.494 e. The highest BCUT2D eigenvalue weighted by Crippen LogP contribution is 2.33. The Morgan fingerprint density at radius 1 is 1.40 bits per heavy atom. The van der Waals surface area contributed by atoms with E-state index >= 15 is 0 Å². The first-order valence-electron chi connectivity index (χ1n) is 7.42. The van der Waals surface area contributed by atoms with Crippen molar-refractivity contribution in [1.29, 1.82) is 0 Å². The van der Waals surface area contributed by atoms with Gasteiger partial charge in [0.05, 0.1) is 6.61 Å². The summed E-state index contributed by atoms with van der Waals surface area (Å²) < 4.78 is 5.80. The number of halogens is 1. The topological polar surface area (TPSA) is 29.5 Å². The van der Waals surface area contributed by atoms with E-state index in [1.165, 1.54) is 0 Å². The summed E-state index contributed by atoms with van der Waals surface area (Å²) in [6, 6.07) is 0. The molecule has 0 bridgehead atoms. The summed E-state index contributed by atoms with van der Waals surface area (Å²) in [5.41, 5.74) is 1.17. The van der Waals surface area contributed by atoms with E-state index in [1.807, 2.05) is 0 Å². The van der Waals surface area contributed by atoms with Gasteiger partial charge in [0, 0.05) is 36.0 Å². The van der Waals surface area contributed by atoms with Gasteiger partial charge in [-0.25, -0.2) is 0 Å². The van der Waals surface area contributed by atoms with E-state index in [9.17, 15) is 4.79 Å². The van der Waals surface area contributed by atoms with E-state index in [2.05, 4.69) is 46.8 Å². The Morgan fingerprint density at radius 3 is 2.95 bits per heavy atom. The molecule has 1 fully saturated rings. The number of ketones is 1. The molecule has 1 saturated heterocycles. The molecule has 2 rings (SSSR count). The van der Waals surface area contributed by atoms with Crippen molar-refractivity contribution in [2.75, 3.05) is 18.5 Å². The number of ether oxygens (including phenoxy) is 1. The van der Waals surface area contributed by atoms with Gasteiger partial charge in [0.2, 0.25) is 0 Å². The van der Waals surface area contributed by atoms with Gasteiger partial charge in [-0.05, 0) is 45.3 Å². The van der Waals surface area contributed by atoms with E-state index in [4.69, 9.17) is 4.74 Å². The minimum Gasteiger partial charge on any atom is -0.494 e. The van der Waals surface area contributed by atoms with E-state index < -0.39 is 0 Å². The lowest BCUT2D eigenvalue weighted by molar-refractivity contribution is -0.118. The summed E-state index contributed by atoms with van der Waals surface area (Å²) in [6.07, 6.45) is 8.53. The van der Waals surface area contributed by atoms with E-state index in [0.29, 0.717) is 18.6 Å². The van der Waals surface area contributed by atoms with Crippen molar-refractivity contribution in [2.45, 2.75) is 51.5 Å². The number of rotatable bonds is 5. The molecule has 3 nitrogen and oxygen atoms in total. The van der Waals surface area contributed by atoms with Crippen LogP contribution in [0.15, 0.2) is 23.6 Å². The fraction of sp³-hybridized carbons (Fsp3) is 0.688. The summed E-state index contributed by atoms with van der Waals surface area (Å²) in [6.45, 7) is 6.03. The zero-order valence-corrected chi connectivity index (χ0v) is 14.0. The second kappa shape index (κ2) is 6.79. The first kappa shape index (κ1) is 15.6. The Kier molecular flexibility index (Phi) is 5.30. The molecule has 0 atom stereocenters. The molecule has 0 unspecified atom stereocenters. The van der Waals surface area contributed by atoms with Crippen LogP contribution in [0.25, 0.3) is 0 Å². The van der Waals surface area contributed by atoms with Crippen LogP contribution in [-0.2, 0) is 9.53 Å². The number of allylic oxidation sites excluding steroid dienone is 2. The molecule has 0 radical (unpaired) electrons. The highest BCUT2D eigenvalue weighted by atomic mass is 79.9. The number of Topliss-reactive ketones (excluding diaryl/α,β-unsaturated/α-hetero) is 1. The Balaban J connectivity index is 2.02. The molecule has 0 saturated carbocycles. The number of unbranched alkanes of at least 4 members (excludes halogenated alkanes) is 1. The fourth-order valence-electron chi connectivity index (χ4n) is 2.74. The Labute approximate surface area is 130 Å². The normalized spacial score (nSPS) is 21.8. The third-order valence-electron chi connectivity index (χ3n) is 4.05. The SMILES string of the molecule is CC1(C)CCC(=O)CC2=CC(OCCCCBr)=CCN21. The maximum absolute atomic E-state index is 11.9. The quantitative estimate of drug-likeness (QED) is 0.562. The highest BCUT2D eigenvalue weighted by molar-refractivity contribution is 9.09. The monoisotopic (exact) mass is 341 g/mol. The Hall–Kier alpha value is -0.770. The third-order valence-corrected chi connectivity index (χ3v) is 4.61. The van der Waals surface area contributed by atoms with Crippen LogP contribution in [0.5, 0.6) is 0 Å². The first-order chi connectivity index (χ1) is 9.53. The molecule has 0 amide bonds. The summed E-state index contributed by atoms with van der Waals surface area (Å²) in [5, 5.41) is 1.02. The van der Waals surface area contributed by atoms with Crippen molar-refractivity contribution < 1.29 is 9.53 Å². The minimum atomic E-state index is 0.0516. The summed E-state index contributed by atoms with van der Waals surface area (Å²) in [7, 11) is 0. The lowest BCUT2D eigenvalue weighted by Gasteiger charge is -2.41. The van der Waals surface area contributed by atoms with Crippen molar-refractivity contribution in [2.24, 2.45) is 0 Å². The van der Waals surface area contributed by atoms with E-state index in [0.717, 1.165) is 49.2 Å². The number of fused-ring (bicyclic) bond motifs is 1. The van der Waals surface area contributed by atoms with E-state index in [1.54, 1.807) is 0 Å². The minimum absolute atomic E-state index is 0.0516. The van der Waals surface area contributed by atoms with Gasteiger partial charge in [-0.3, -0.25) is 4.79 Å². The highest BCUT2D eigenvalue weighted by Gasteiger charge is 2.33. The molecule has 0 aromatic carbocycles. The van der Waals surface area contributed by atoms with Crippen molar-refractivity contribution in [3.8, 4) is 0 Å². The van der Waals surface area contributed by atoms with Gasteiger partial charge < -0.3 is 9.64 Å². The lowest BCUT2D eigenvalue weighted by Crippen LogP contribution is -2.43. The number of nitrogens with zero attached hydrogens (tertiary/aromatic N) is 1. The van der Waals surface area contributed by atoms with Gasteiger partial charge in [0.25, 0.3) is 0 Å². The molecule has 0 aromatic rings. The zero-order chi connectivity index (χ0) is 14.6. The van der Waals surface area contributed by atoms with Crippen LogP contribution in [0.2, 0.25) is 0 Å². The van der Waals surface area contributed by atoms with Crippen LogP contribution >= 0.6 is 15.9 Å². The lowest BCUT2D eigenvalue weighted by atomic mass is 9.96. The van der Waals surface area contributed by atoms with Gasteiger partial charge in [-0.1, -0.05) is 15.9 Å². The molecule has 2 aliphatic rings. The molecule has 0 aliphatic carbocycles. The van der Waals surface area contributed by atoms with Crippen molar-refractivity contribution in [3.63, 3.8) is 0 Å². The van der Waals surface area contributed by atoms with Gasteiger partial charge >= 0.3 is 0 Å². The average molecular weight is 342 g/mol. The van der Waals surface area contributed by atoms with Gasteiger partial charge in [0.15, 0.2) is 0 Å². The van der Waals surface area contributed by atoms with Crippen molar-refractivity contribution >= 4 is 21.7 Å². The number of hydrogen-bond donors (Lipinski definition) is 0. The summed E-state index contributed by atoms with van der Waals surface area (Å²) in [4.78, 5) is 14.2. The van der Waals surface area contributed by atoms with Crippen LogP contribution < -0.4 is 0 Å². The summed E-state index contributed by atoms with van der Waals surface area (Å²) >= 11 is 3.42. The van der Waals surface area contributed by atoms with Crippen LogP contribution in [0.3, 0.4) is 0 Å².